The molecule has 10 heteroatoms. The molecule has 0 saturated heterocycles. The first-order valence-electron chi connectivity index (χ1n) is 6.31. The number of nitrogens with zero attached hydrogens (tertiary/aromatic N) is 2. The van der Waals surface area contributed by atoms with Crippen molar-refractivity contribution < 1.29 is 13.6 Å². The van der Waals surface area contributed by atoms with Gasteiger partial charge in [0.2, 0.25) is 0 Å². The SMILES string of the molecule is Cc1nn(C)c(C(=O)NNC(=S)Nc2ccc(F)cc2F)c1Br. The van der Waals surface area contributed by atoms with Crippen LogP contribution in [0.1, 0.15) is 16.2 Å². The van der Waals surface area contributed by atoms with Crippen molar-refractivity contribution in [3.8, 4) is 0 Å². The molecule has 2 aromatic rings. The van der Waals surface area contributed by atoms with E-state index in [1.165, 1.54) is 10.7 Å². The average Bonchev–Trinajstić information content (AvgIpc) is 2.73. The van der Waals surface area contributed by atoms with E-state index in [4.69, 9.17) is 12.2 Å². The molecule has 0 spiro atoms. The van der Waals surface area contributed by atoms with Gasteiger partial charge in [-0.15, -0.1) is 0 Å². The van der Waals surface area contributed by atoms with E-state index in [2.05, 4.69) is 37.2 Å². The molecule has 1 amide bonds. The number of amides is 1. The molecule has 0 aliphatic heterocycles. The summed E-state index contributed by atoms with van der Waals surface area (Å²) in [6.45, 7) is 1.75. The molecule has 0 radical (unpaired) electrons. The summed E-state index contributed by atoms with van der Waals surface area (Å²) in [5.74, 6) is -1.98. The Morgan fingerprint density at radius 3 is 2.61 bits per heavy atom. The van der Waals surface area contributed by atoms with Crippen molar-refractivity contribution in [1.82, 2.24) is 20.6 Å². The number of aryl methyl sites for hydroxylation is 2. The van der Waals surface area contributed by atoms with Gasteiger partial charge < -0.3 is 5.32 Å². The molecule has 3 N–H and O–H groups in total. The van der Waals surface area contributed by atoms with Crippen LogP contribution < -0.4 is 16.2 Å². The molecule has 0 aliphatic rings. The molecule has 2 rings (SSSR count). The fourth-order valence-corrected chi connectivity index (χ4v) is 2.47. The highest BCUT2D eigenvalue weighted by atomic mass is 79.9. The Bertz CT molecular complexity index is 780. The molecule has 122 valence electrons. The number of carbonyl (C=O) groups excluding carboxylic acids is 1. The Balaban J connectivity index is 1.97. The van der Waals surface area contributed by atoms with Crippen molar-refractivity contribution >= 4 is 44.9 Å². The number of benzene rings is 1. The maximum absolute atomic E-state index is 13.5. The largest absolute Gasteiger partial charge is 0.329 e. The molecule has 1 heterocycles. The van der Waals surface area contributed by atoms with Gasteiger partial charge in [0.25, 0.3) is 5.91 Å². The Morgan fingerprint density at radius 2 is 2.04 bits per heavy atom. The Hall–Kier alpha value is -2.07. The fourth-order valence-electron chi connectivity index (χ4n) is 1.80. The second-order valence-corrected chi connectivity index (χ2v) is 5.73. The molecule has 1 aromatic carbocycles. The predicted octanol–water partition coefficient (Wildman–Crippen LogP) is 2.40. The number of hydrogen-bond acceptors (Lipinski definition) is 3. The minimum atomic E-state index is -0.800. The maximum Gasteiger partial charge on any atom is 0.289 e. The summed E-state index contributed by atoms with van der Waals surface area (Å²) in [4.78, 5) is 12.1. The third-order valence-electron chi connectivity index (χ3n) is 2.83. The van der Waals surface area contributed by atoms with Crippen LogP contribution in [0.15, 0.2) is 22.7 Å². The first-order chi connectivity index (χ1) is 10.8. The van der Waals surface area contributed by atoms with Crippen molar-refractivity contribution in [2.75, 3.05) is 5.32 Å². The van der Waals surface area contributed by atoms with Gasteiger partial charge >= 0.3 is 0 Å². The lowest BCUT2D eigenvalue weighted by Gasteiger charge is -2.12. The minimum Gasteiger partial charge on any atom is -0.329 e. The predicted molar refractivity (Wildman–Crippen MR) is 88.8 cm³/mol. The molecule has 23 heavy (non-hydrogen) atoms. The van der Waals surface area contributed by atoms with Crippen molar-refractivity contribution in [2.24, 2.45) is 7.05 Å². The number of hydrazine groups is 1. The Morgan fingerprint density at radius 1 is 1.35 bits per heavy atom. The third-order valence-corrected chi connectivity index (χ3v) is 3.99. The molecule has 0 unspecified atom stereocenters. The van der Waals surface area contributed by atoms with E-state index < -0.39 is 17.5 Å². The number of thiocarbonyl (C=S) groups is 1. The highest BCUT2D eigenvalue weighted by molar-refractivity contribution is 9.10. The summed E-state index contributed by atoms with van der Waals surface area (Å²) in [6.07, 6.45) is 0. The van der Waals surface area contributed by atoms with Crippen LogP contribution >= 0.6 is 28.1 Å². The smallest absolute Gasteiger partial charge is 0.289 e. The molecular formula is C13H12BrF2N5OS. The lowest BCUT2D eigenvalue weighted by Crippen LogP contribution is -2.44. The standard InChI is InChI=1S/C13H12BrF2N5OS/c1-6-10(14)11(21(2)20-6)12(22)18-19-13(23)17-9-4-3-7(15)5-8(9)16/h3-5H,1-2H3,(H,18,22)(H2,17,19,23). The van der Waals surface area contributed by atoms with Crippen LogP contribution in [-0.2, 0) is 7.05 Å². The van der Waals surface area contributed by atoms with E-state index in [1.54, 1.807) is 14.0 Å². The van der Waals surface area contributed by atoms with Crippen molar-refractivity contribution in [3.63, 3.8) is 0 Å². The van der Waals surface area contributed by atoms with E-state index >= 15 is 0 Å². The third kappa shape index (κ3) is 4.02. The van der Waals surface area contributed by atoms with Gasteiger partial charge in [-0.2, -0.15) is 5.10 Å². The van der Waals surface area contributed by atoms with E-state index in [1.807, 2.05) is 0 Å². The molecule has 1 aromatic heterocycles. The number of anilines is 1. The number of halogens is 3. The van der Waals surface area contributed by atoms with E-state index in [0.717, 1.165) is 12.1 Å². The van der Waals surface area contributed by atoms with E-state index in [-0.39, 0.29) is 10.8 Å². The van der Waals surface area contributed by atoms with Crippen molar-refractivity contribution in [2.45, 2.75) is 6.92 Å². The van der Waals surface area contributed by atoms with Crippen LogP contribution in [0.2, 0.25) is 0 Å². The second kappa shape index (κ2) is 7.01. The van der Waals surface area contributed by atoms with E-state index in [0.29, 0.717) is 15.9 Å². The van der Waals surface area contributed by atoms with Crippen LogP contribution in [0.5, 0.6) is 0 Å². The zero-order valence-electron chi connectivity index (χ0n) is 12.1. The number of rotatable bonds is 2. The molecule has 0 saturated carbocycles. The topological polar surface area (TPSA) is 71.0 Å². The summed E-state index contributed by atoms with van der Waals surface area (Å²) in [5, 5.41) is 6.55. The summed E-state index contributed by atoms with van der Waals surface area (Å²) in [6, 6.07) is 3.00. The zero-order valence-corrected chi connectivity index (χ0v) is 14.5. The molecular weight excluding hydrogens is 392 g/mol. The first-order valence-corrected chi connectivity index (χ1v) is 7.51. The van der Waals surface area contributed by atoms with E-state index in [9.17, 15) is 13.6 Å². The fraction of sp³-hybridized carbons (Fsp3) is 0.154. The van der Waals surface area contributed by atoms with Gasteiger partial charge in [-0.25, -0.2) is 8.78 Å². The van der Waals surface area contributed by atoms with Gasteiger partial charge in [0, 0.05) is 13.1 Å². The van der Waals surface area contributed by atoms with Gasteiger partial charge in [-0.05, 0) is 47.2 Å². The van der Waals surface area contributed by atoms with Crippen molar-refractivity contribution in [1.29, 1.82) is 0 Å². The average molecular weight is 404 g/mol. The lowest BCUT2D eigenvalue weighted by atomic mass is 10.3. The van der Waals surface area contributed by atoms with Crippen LogP contribution in [-0.4, -0.2) is 20.8 Å². The maximum atomic E-state index is 13.5. The van der Waals surface area contributed by atoms with Gasteiger partial charge in [0.1, 0.15) is 17.3 Å². The van der Waals surface area contributed by atoms with Gasteiger partial charge in [0.05, 0.1) is 15.9 Å². The number of nitrogens with one attached hydrogen (secondary N) is 3. The monoisotopic (exact) mass is 403 g/mol. The molecule has 0 bridgehead atoms. The highest BCUT2D eigenvalue weighted by Gasteiger charge is 2.18. The minimum absolute atomic E-state index is 0.0179. The number of aromatic nitrogens is 2. The van der Waals surface area contributed by atoms with Crippen molar-refractivity contribution in [3.05, 3.63) is 45.7 Å². The molecule has 0 fully saturated rings. The van der Waals surface area contributed by atoms with Crippen LogP contribution in [0, 0.1) is 18.6 Å². The highest BCUT2D eigenvalue weighted by Crippen LogP contribution is 2.19. The number of hydrogen-bond donors (Lipinski definition) is 3. The Labute approximate surface area is 144 Å². The lowest BCUT2D eigenvalue weighted by molar-refractivity contribution is 0.0934. The van der Waals surface area contributed by atoms with Crippen LogP contribution in [0.25, 0.3) is 0 Å². The quantitative estimate of drug-likeness (QED) is 0.530. The van der Waals surface area contributed by atoms with Gasteiger partial charge in [-0.3, -0.25) is 20.3 Å². The van der Waals surface area contributed by atoms with Gasteiger partial charge in [0.15, 0.2) is 5.11 Å². The van der Waals surface area contributed by atoms with Crippen LogP contribution in [0.3, 0.4) is 0 Å². The summed E-state index contributed by atoms with van der Waals surface area (Å²) in [5.41, 5.74) is 5.74. The zero-order chi connectivity index (χ0) is 17.1. The van der Waals surface area contributed by atoms with Gasteiger partial charge in [-0.1, -0.05) is 0 Å². The summed E-state index contributed by atoms with van der Waals surface area (Å²) in [7, 11) is 1.62. The normalized spacial score (nSPS) is 10.3. The Kier molecular flexibility index (Phi) is 5.26. The summed E-state index contributed by atoms with van der Waals surface area (Å²) < 4.78 is 28.3. The summed E-state index contributed by atoms with van der Waals surface area (Å²) >= 11 is 8.21. The van der Waals surface area contributed by atoms with Crippen LogP contribution in [0.4, 0.5) is 14.5 Å². The number of carbonyl (C=O) groups is 1. The molecule has 0 aliphatic carbocycles. The second-order valence-electron chi connectivity index (χ2n) is 4.53. The first kappa shape index (κ1) is 17.3. The molecule has 6 nitrogen and oxygen atoms in total. The molecule has 0 atom stereocenters.